The minimum Gasteiger partial charge on any atom is -0.382 e. The predicted molar refractivity (Wildman–Crippen MR) is 156 cm³/mol. The minimum atomic E-state index is -0.222. The Labute approximate surface area is 243 Å². The van der Waals surface area contributed by atoms with E-state index in [9.17, 15) is 9.59 Å². The summed E-state index contributed by atoms with van der Waals surface area (Å²) in [6.45, 7) is 17.6. The highest BCUT2D eigenvalue weighted by Crippen LogP contribution is 1.88. The molecule has 0 atom stereocenters. The van der Waals surface area contributed by atoms with Gasteiger partial charge in [0, 0.05) is 33.2 Å². The molecule has 12 heteroatoms. The van der Waals surface area contributed by atoms with Crippen molar-refractivity contribution in [3.8, 4) is 0 Å². The number of amides is 2. The number of rotatable bonds is 29. The highest BCUT2D eigenvalue weighted by molar-refractivity contribution is 5.77. The molecule has 2 N–H and O–H groups in total. The lowest BCUT2D eigenvalue weighted by atomic mass is 10.4. The lowest BCUT2D eigenvalue weighted by Crippen LogP contribution is -2.32. The summed E-state index contributed by atoms with van der Waals surface area (Å²) in [5.41, 5.74) is 0. The van der Waals surface area contributed by atoms with Crippen molar-refractivity contribution in [3.05, 3.63) is 0 Å². The third-order valence-corrected chi connectivity index (χ3v) is 4.41. The molecule has 242 valence electrons. The van der Waals surface area contributed by atoms with Crippen LogP contribution >= 0.6 is 0 Å². The number of carbonyl (C=O) groups excluding carboxylic acids is 2. The average Bonchev–Trinajstić information content (AvgIpc) is 2.98. The van der Waals surface area contributed by atoms with Crippen molar-refractivity contribution >= 4 is 11.8 Å². The van der Waals surface area contributed by atoms with Crippen LogP contribution in [0.15, 0.2) is 0 Å². The molecular weight excluding hydrogens is 524 g/mol. The molecule has 0 spiro atoms. The standard InChI is InChI=1S/C24H48N2O10.2C2H6/c1-3-4-8-30-14-16-35-20-21-36-22-24(28)26-7-10-31-9-5-23(27)25-6-11-32-15-17-34-19-18-33-13-12-29-2;2*1-2/h3-22H2,1-2H3,(H,25,27)(H,26,28);2*1-2H3. The maximum absolute atomic E-state index is 11.7. The van der Waals surface area contributed by atoms with Crippen LogP contribution in [-0.2, 0) is 47.5 Å². The number of methoxy groups -OCH3 is 1. The van der Waals surface area contributed by atoms with E-state index in [1.165, 1.54) is 0 Å². The van der Waals surface area contributed by atoms with E-state index in [4.69, 9.17) is 37.9 Å². The molecule has 0 saturated heterocycles. The first-order valence-corrected chi connectivity index (χ1v) is 14.8. The highest BCUT2D eigenvalue weighted by atomic mass is 16.6. The summed E-state index contributed by atoms with van der Waals surface area (Å²) in [5.74, 6) is -0.338. The number of nitrogens with one attached hydrogen (secondary N) is 2. The second-order valence-corrected chi connectivity index (χ2v) is 7.52. The molecule has 0 radical (unpaired) electrons. The van der Waals surface area contributed by atoms with Crippen molar-refractivity contribution in [3.63, 3.8) is 0 Å². The van der Waals surface area contributed by atoms with Crippen LogP contribution in [0.1, 0.15) is 53.9 Å². The summed E-state index contributed by atoms with van der Waals surface area (Å²) in [5, 5.41) is 5.45. The molecular formula is C28H60N2O10. The lowest BCUT2D eigenvalue weighted by molar-refractivity contribution is -0.127. The summed E-state index contributed by atoms with van der Waals surface area (Å²) < 4.78 is 42.2. The molecule has 0 fully saturated rings. The molecule has 40 heavy (non-hydrogen) atoms. The average molecular weight is 585 g/mol. The molecule has 0 aliphatic carbocycles. The fourth-order valence-electron chi connectivity index (χ4n) is 2.47. The maximum Gasteiger partial charge on any atom is 0.246 e. The molecule has 0 aromatic heterocycles. The SMILES string of the molecule is CC.CC.CCCCOCCOCCOCC(=O)NCCOCCC(=O)NCCOCCOCCOCCOC. The monoisotopic (exact) mass is 584 g/mol. The second kappa shape index (κ2) is 42.1. The van der Waals surface area contributed by atoms with E-state index in [0.717, 1.165) is 19.4 Å². The van der Waals surface area contributed by atoms with E-state index in [2.05, 4.69) is 17.6 Å². The van der Waals surface area contributed by atoms with Crippen molar-refractivity contribution in [2.75, 3.05) is 119 Å². The van der Waals surface area contributed by atoms with E-state index in [-0.39, 0.29) is 31.4 Å². The van der Waals surface area contributed by atoms with Crippen molar-refractivity contribution in [2.45, 2.75) is 53.9 Å². The van der Waals surface area contributed by atoms with Gasteiger partial charge in [-0.15, -0.1) is 0 Å². The molecule has 0 aliphatic rings. The normalized spacial score (nSPS) is 10.2. The third-order valence-electron chi connectivity index (χ3n) is 4.41. The van der Waals surface area contributed by atoms with Gasteiger partial charge in [0.05, 0.1) is 85.9 Å². The fourth-order valence-corrected chi connectivity index (χ4v) is 2.47. The topological polar surface area (TPSA) is 132 Å². The van der Waals surface area contributed by atoms with Crippen molar-refractivity contribution in [1.29, 1.82) is 0 Å². The van der Waals surface area contributed by atoms with Crippen LogP contribution in [0.25, 0.3) is 0 Å². The second-order valence-electron chi connectivity index (χ2n) is 7.52. The molecule has 0 unspecified atom stereocenters. The molecule has 0 aliphatic heterocycles. The minimum absolute atomic E-state index is 0.0315. The van der Waals surface area contributed by atoms with E-state index in [1.807, 2.05) is 27.7 Å². The first-order chi connectivity index (χ1) is 19.7. The number of unbranched alkanes of at least 4 members (excludes halogenated alkanes) is 1. The molecule has 0 aromatic rings. The van der Waals surface area contributed by atoms with Gasteiger partial charge in [0.1, 0.15) is 6.61 Å². The largest absolute Gasteiger partial charge is 0.382 e. The summed E-state index contributed by atoms with van der Waals surface area (Å²) in [6, 6.07) is 0. The molecule has 0 heterocycles. The van der Waals surface area contributed by atoms with E-state index < -0.39 is 0 Å². The summed E-state index contributed by atoms with van der Waals surface area (Å²) in [6.07, 6.45) is 2.41. The zero-order valence-electron chi connectivity index (χ0n) is 26.2. The molecule has 0 rings (SSSR count). The predicted octanol–water partition coefficient (Wildman–Crippen LogP) is 2.22. The van der Waals surface area contributed by atoms with Gasteiger partial charge >= 0.3 is 0 Å². The van der Waals surface area contributed by atoms with Crippen LogP contribution in [0.2, 0.25) is 0 Å². The molecule has 0 bridgehead atoms. The van der Waals surface area contributed by atoms with Gasteiger partial charge in [0.15, 0.2) is 0 Å². The fraction of sp³-hybridized carbons (Fsp3) is 0.929. The summed E-state index contributed by atoms with van der Waals surface area (Å²) >= 11 is 0. The Morgan fingerprint density at radius 1 is 0.500 bits per heavy atom. The van der Waals surface area contributed by atoms with Gasteiger partial charge in [0.2, 0.25) is 11.8 Å². The van der Waals surface area contributed by atoms with Crippen LogP contribution in [-0.4, -0.2) is 131 Å². The van der Waals surface area contributed by atoms with E-state index in [0.29, 0.717) is 92.4 Å². The van der Waals surface area contributed by atoms with E-state index >= 15 is 0 Å². The van der Waals surface area contributed by atoms with Gasteiger partial charge in [-0.1, -0.05) is 41.0 Å². The Morgan fingerprint density at radius 3 is 1.40 bits per heavy atom. The Kier molecular flexibility index (Phi) is 45.3. The van der Waals surface area contributed by atoms with Gasteiger partial charge < -0.3 is 48.5 Å². The van der Waals surface area contributed by atoms with Crippen molar-refractivity contribution in [1.82, 2.24) is 10.6 Å². The van der Waals surface area contributed by atoms with Gasteiger partial charge in [0.25, 0.3) is 0 Å². The quantitative estimate of drug-likeness (QED) is 0.126. The first-order valence-electron chi connectivity index (χ1n) is 14.8. The number of ether oxygens (including phenoxy) is 8. The number of hydrogen-bond acceptors (Lipinski definition) is 10. The Hall–Kier alpha value is -1.38. The third kappa shape index (κ3) is 41.1. The molecule has 0 aromatic carbocycles. The van der Waals surface area contributed by atoms with E-state index in [1.54, 1.807) is 7.11 Å². The molecule has 2 amide bonds. The Bertz CT molecular complexity index is 488. The van der Waals surface area contributed by atoms with Crippen molar-refractivity contribution < 1.29 is 47.5 Å². The smallest absolute Gasteiger partial charge is 0.246 e. The molecule has 12 nitrogen and oxygen atoms in total. The van der Waals surface area contributed by atoms with Crippen LogP contribution < -0.4 is 10.6 Å². The van der Waals surface area contributed by atoms with Crippen molar-refractivity contribution in [2.24, 2.45) is 0 Å². The maximum atomic E-state index is 11.7. The Morgan fingerprint density at radius 2 is 0.900 bits per heavy atom. The number of carbonyl (C=O) groups is 2. The van der Waals surface area contributed by atoms with Gasteiger partial charge in [-0.05, 0) is 6.42 Å². The lowest BCUT2D eigenvalue weighted by Gasteiger charge is -2.09. The van der Waals surface area contributed by atoms with Gasteiger partial charge in [-0.3, -0.25) is 9.59 Å². The zero-order valence-corrected chi connectivity index (χ0v) is 26.2. The van der Waals surface area contributed by atoms with Gasteiger partial charge in [-0.2, -0.15) is 0 Å². The van der Waals surface area contributed by atoms with Crippen LogP contribution in [0.4, 0.5) is 0 Å². The Balaban J connectivity index is -0.00000326. The molecule has 0 saturated carbocycles. The van der Waals surface area contributed by atoms with Crippen LogP contribution in [0.3, 0.4) is 0 Å². The van der Waals surface area contributed by atoms with Gasteiger partial charge in [-0.25, -0.2) is 0 Å². The number of hydrogen-bond donors (Lipinski definition) is 2. The van der Waals surface area contributed by atoms with Crippen LogP contribution in [0, 0.1) is 0 Å². The van der Waals surface area contributed by atoms with Crippen LogP contribution in [0.5, 0.6) is 0 Å². The zero-order chi connectivity index (χ0) is 30.4. The highest BCUT2D eigenvalue weighted by Gasteiger charge is 2.03. The summed E-state index contributed by atoms with van der Waals surface area (Å²) in [4.78, 5) is 23.4. The first kappa shape index (κ1) is 43.1. The summed E-state index contributed by atoms with van der Waals surface area (Å²) in [7, 11) is 1.63.